The van der Waals surface area contributed by atoms with E-state index in [2.05, 4.69) is 9.88 Å². The lowest BCUT2D eigenvalue weighted by Gasteiger charge is -2.45. The number of benzene rings is 1. The number of hydrogen-bond acceptors (Lipinski definition) is 5. The van der Waals surface area contributed by atoms with Crippen LogP contribution in [0.1, 0.15) is 30.6 Å². The van der Waals surface area contributed by atoms with Crippen molar-refractivity contribution in [3.8, 4) is 0 Å². The Hall–Kier alpha value is -2.60. The number of piperidine rings is 1. The molecule has 1 aromatic heterocycles. The van der Waals surface area contributed by atoms with Gasteiger partial charge in [-0.15, -0.1) is 0 Å². The number of fused-ring (bicyclic) bond motifs is 5. The van der Waals surface area contributed by atoms with Crippen LogP contribution >= 0.6 is 0 Å². The number of nitrogens with one attached hydrogen (secondary N) is 1. The average molecular weight is 366 g/mol. The van der Waals surface area contributed by atoms with Gasteiger partial charge >= 0.3 is 5.97 Å². The maximum absolute atomic E-state index is 13.0. The Labute approximate surface area is 156 Å². The number of aromatic nitrogens is 1. The number of hydrogen-bond donors (Lipinski definition) is 1. The molecule has 0 unspecified atom stereocenters. The number of pyridine rings is 1. The number of nitrogens with zero attached hydrogens (tertiary/aromatic N) is 1. The summed E-state index contributed by atoms with van der Waals surface area (Å²) >= 11 is 0. The van der Waals surface area contributed by atoms with Crippen LogP contribution in [0.2, 0.25) is 0 Å². The fourth-order valence-electron chi connectivity index (χ4n) is 5.02. The van der Waals surface area contributed by atoms with E-state index in [1.807, 2.05) is 31.2 Å². The summed E-state index contributed by atoms with van der Waals surface area (Å²) < 4.78 is 10.7. The molecule has 0 aliphatic carbocycles. The minimum atomic E-state index is -0.324. The van der Waals surface area contributed by atoms with Crippen molar-refractivity contribution in [1.82, 2.24) is 9.88 Å². The number of H-pyrrole nitrogens is 1. The van der Waals surface area contributed by atoms with Gasteiger partial charge in [0.05, 0.1) is 31.1 Å². The first-order valence-electron chi connectivity index (χ1n) is 9.40. The van der Waals surface area contributed by atoms with Crippen molar-refractivity contribution in [3.05, 3.63) is 57.6 Å². The van der Waals surface area contributed by atoms with E-state index < -0.39 is 0 Å². The van der Waals surface area contributed by atoms with Crippen LogP contribution in [0.3, 0.4) is 0 Å². The van der Waals surface area contributed by atoms with Gasteiger partial charge < -0.3 is 14.5 Å². The van der Waals surface area contributed by atoms with Crippen LogP contribution < -0.4 is 5.43 Å². The number of carbonyl (C=O) groups is 1. The van der Waals surface area contributed by atoms with Gasteiger partial charge in [-0.05, 0) is 25.5 Å². The van der Waals surface area contributed by atoms with Gasteiger partial charge in [-0.2, -0.15) is 0 Å². The molecule has 0 saturated carbocycles. The van der Waals surface area contributed by atoms with Crippen LogP contribution in [0.15, 0.2) is 40.9 Å². The predicted octanol–water partition coefficient (Wildman–Crippen LogP) is 2.50. The molecule has 0 radical (unpaired) electrons. The van der Waals surface area contributed by atoms with Crippen molar-refractivity contribution in [2.75, 3.05) is 13.7 Å². The van der Waals surface area contributed by atoms with E-state index in [9.17, 15) is 9.59 Å². The van der Waals surface area contributed by atoms with Crippen molar-refractivity contribution >= 4 is 16.9 Å². The highest BCUT2D eigenvalue weighted by molar-refractivity contribution is 5.89. The van der Waals surface area contributed by atoms with E-state index in [0.717, 1.165) is 35.1 Å². The lowest BCUT2D eigenvalue weighted by atomic mass is 9.74. The number of para-hydroxylation sites is 1. The molecule has 1 fully saturated rings. The molecule has 3 aliphatic heterocycles. The first kappa shape index (κ1) is 16.6. The molecule has 27 heavy (non-hydrogen) atoms. The Morgan fingerprint density at radius 3 is 2.96 bits per heavy atom. The molecule has 6 nitrogen and oxygen atoms in total. The third-order valence-electron chi connectivity index (χ3n) is 6.45. The molecule has 2 aromatic rings. The molecular weight excluding hydrogens is 344 g/mol. The van der Waals surface area contributed by atoms with Crippen molar-refractivity contribution in [1.29, 1.82) is 0 Å². The van der Waals surface area contributed by atoms with Crippen LogP contribution in [0.25, 0.3) is 10.9 Å². The van der Waals surface area contributed by atoms with Crippen molar-refractivity contribution in [2.24, 2.45) is 11.8 Å². The minimum Gasteiger partial charge on any atom is -0.497 e. The Morgan fingerprint density at radius 2 is 2.15 bits per heavy atom. The largest absolute Gasteiger partial charge is 0.497 e. The number of rotatable bonds is 1. The summed E-state index contributed by atoms with van der Waals surface area (Å²) in [4.78, 5) is 31.1. The molecule has 140 valence electrons. The lowest BCUT2D eigenvalue weighted by Crippen LogP contribution is -2.47. The normalized spacial score (nSPS) is 29.3. The fourth-order valence-corrected chi connectivity index (χ4v) is 5.02. The quantitative estimate of drug-likeness (QED) is 0.785. The molecule has 3 aliphatic rings. The molecular formula is C21H22N2O4. The molecule has 0 amide bonds. The van der Waals surface area contributed by atoms with Gasteiger partial charge in [-0.1, -0.05) is 12.1 Å². The zero-order chi connectivity index (χ0) is 18.7. The fraction of sp³-hybridized carbons (Fsp3) is 0.429. The number of methoxy groups -OCH3 is 1. The molecule has 1 saturated heterocycles. The molecule has 4 heterocycles. The summed E-state index contributed by atoms with van der Waals surface area (Å²) in [5, 5.41) is 0.736. The number of aromatic amines is 1. The highest BCUT2D eigenvalue weighted by Gasteiger charge is 2.48. The van der Waals surface area contributed by atoms with Crippen LogP contribution in [0, 0.1) is 11.8 Å². The number of ether oxygens (including phenoxy) is 2. The number of esters is 1. The van der Waals surface area contributed by atoms with Gasteiger partial charge in [-0.3, -0.25) is 9.69 Å². The second-order valence-electron chi connectivity index (χ2n) is 7.75. The second kappa shape index (κ2) is 5.96. The van der Waals surface area contributed by atoms with Crippen LogP contribution in [0.4, 0.5) is 0 Å². The Kier molecular flexibility index (Phi) is 3.65. The van der Waals surface area contributed by atoms with E-state index in [-0.39, 0.29) is 35.4 Å². The summed E-state index contributed by atoms with van der Waals surface area (Å²) in [6.45, 7) is 3.49. The Balaban J connectivity index is 1.58. The van der Waals surface area contributed by atoms with Crippen molar-refractivity contribution in [2.45, 2.75) is 32.0 Å². The van der Waals surface area contributed by atoms with E-state index >= 15 is 0 Å². The third-order valence-corrected chi connectivity index (χ3v) is 6.45. The molecule has 1 N–H and O–H groups in total. The summed E-state index contributed by atoms with van der Waals surface area (Å²) in [5.74, 6) is -0.0434. The molecule has 6 heteroatoms. The molecule has 1 aromatic carbocycles. The van der Waals surface area contributed by atoms with Gasteiger partial charge in [0.15, 0.2) is 5.43 Å². The standard InChI is InChI=1S/C21H22N2O4/c1-11-14-8-23-9-15-19(22-17-6-4-3-5-12(17)20(15)24)18(23)7-13(14)16(10-27-11)21(25)26-2/h3-6,10-11,13-14,18H,7-9H2,1-2H3,(H,22,24)/t11-,13-,14-,18-/m0/s1. The maximum Gasteiger partial charge on any atom is 0.337 e. The topological polar surface area (TPSA) is 71.6 Å². The second-order valence-corrected chi connectivity index (χ2v) is 7.75. The van der Waals surface area contributed by atoms with Crippen LogP contribution in [0.5, 0.6) is 0 Å². The lowest BCUT2D eigenvalue weighted by molar-refractivity contribution is -0.139. The van der Waals surface area contributed by atoms with Gasteiger partial charge in [0, 0.05) is 47.1 Å². The summed E-state index contributed by atoms with van der Waals surface area (Å²) in [6, 6.07) is 7.76. The maximum atomic E-state index is 13.0. The average Bonchev–Trinajstić information content (AvgIpc) is 3.05. The van der Waals surface area contributed by atoms with Gasteiger partial charge in [-0.25, -0.2) is 4.79 Å². The molecule has 5 rings (SSSR count). The van der Waals surface area contributed by atoms with Crippen LogP contribution in [-0.4, -0.2) is 35.6 Å². The Morgan fingerprint density at radius 1 is 1.33 bits per heavy atom. The van der Waals surface area contributed by atoms with E-state index in [1.165, 1.54) is 7.11 Å². The first-order valence-corrected chi connectivity index (χ1v) is 9.40. The predicted molar refractivity (Wildman–Crippen MR) is 100.0 cm³/mol. The summed E-state index contributed by atoms with van der Waals surface area (Å²) in [6.07, 6.45) is 2.38. The summed E-state index contributed by atoms with van der Waals surface area (Å²) in [7, 11) is 1.40. The first-order chi connectivity index (χ1) is 13.1. The van der Waals surface area contributed by atoms with E-state index in [0.29, 0.717) is 12.1 Å². The Bertz CT molecular complexity index is 1020. The van der Waals surface area contributed by atoms with Gasteiger partial charge in [0.25, 0.3) is 0 Å². The van der Waals surface area contributed by atoms with Crippen molar-refractivity contribution < 1.29 is 14.3 Å². The van der Waals surface area contributed by atoms with Crippen LogP contribution in [-0.2, 0) is 20.8 Å². The third kappa shape index (κ3) is 2.36. The van der Waals surface area contributed by atoms with Gasteiger partial charge in [0.1, 0.15) is 0 Å². The number of carbonyl (C=O) groups excluding carboxylic acids is 1. The highest BCUT2D eigenvalue weighted by Crippen LogP contribution is 2.47. The minimum absolute atomic E-state index is 0.0304. The molecule has 0 spiro atoms. The monoisotopic (exact) mass is 366 g/mol. The molecule has 4 atom stereocenters. The SMILES string of the molecule is COC(=O)C1=CO[C@@H](C)[C@@H]2CN3Cc4c([nH]c5ccccc5c4=O)[C@@H]3C[C@H]12. The van der Waals surface area contributed by atoms with E-state index in [4.69, 9.17) is 9.47 Å². The zero-order valence-corrected chi connectivity index (χ0v) is 15.4. The van der Waals surface area contributed by atoms with E-state index in [1.54, 1.807) is 6.26 Å². The summed E-state index contributed by atoms with van der Waals surface area (Å²) in [5.41, 5.74) is 3.45. The van der Waals surface area contributed by atoms with Gasteiger partial charge in [0.2, 0.25) is 0 Å². The van der Waals surface area contributed by atoms with Crippen molar-refractivity contribution in [3.63, 3.8) is 0 Å². The highest BCUT2D eigenvalue weighted by atomic mass is 16.5. The zero-order valence-electron chi connectivity index (χ0n) is 15.4. The smallest absolute Gasteiger partial charge is 0.337 e. The molecule has 0 bridgehead atoms.